The zero-order chi connectivity index (χ0) is 12.8. The minimum Gasteiger partial charge on any atom is -0.376 e. The van der Waals surface area contributed by atoms with E-state index in [9.17, 15) is 4.79 Å². The molecule has 0 saturated carbocycles. The van der Waals surface area contributed by atoms with Crippen molar-refractivity contribution in [1.82, 2.24) is 10.2 Å². The van der Waals surface area contributed by atoms with Gasteiger partial charge in [0.25, 0.3) is 5.91 Å². The normalized spacial score (nSPS) is 26.3. The van der Waals surface area contributed by atoms with Crippen LogP contribution in [0.15, 0.2) is 0 Å². The van der Waals surface area contributed by atoms with Crippen molar-refractivity contribution in [3.05, 3.63) is 0 Å². The van der Waals surface area contributed by atoms with Crippen molar-refractivity contribution >= 4 is 5.91 Å². The molecule has 2 rings (SSSR count). The first kappa shape index (κ1) is 13.8. The highest BCUT2D eigenvalue weighted by atomic mass is 16.6. The van der Waals surface area contributed by atoms with Gasteiger partial charge in [0.2, 0.25) is 0 Å². The van der Waals surface area contributed by atoms with Crippen LogP contribution in [0, 0.1) is 5.92 Å². The second-order valence-electron chi connectivity index (χ2n) is 5.10. The van der Waals surface area contributed by atoms with Crippen molar-refractivity contribution in [3.63, 3.8) is 0 Å². The first-order valence-electron chi connectivity index (χ1n) is 6.94. The van der Waals surface area contributed by atoms with E-state index >= 15 is 0 Å². The van der Waals surface area contributed by atoms with Crippen LogP contribution in [-0.4, -0.2) is 63.4 Å². The van der Waals surface area contributed by atoms with Crippen molar-refractivity contribution in [2.24, 2.45) is 5.92 Å². The van der Waals surface area contributed by atoms with Crippen LogP contribution in [0.1, 0.15) is 19.3 Å². The molecule has 2 heterocycles. The SMILES string of the molecule is CNCCC1CCN(C(=O)C2COCCO2)CC1. The van der Waals surface area contributed by atoms with E-state index in [0.717, 1.165) is 38.4 Å². The third-order valence-electron chi connectivity index (χ3n) is 3.82. The summed E-state index contributed by atoms with van der Waals surface area (Å²) >= 11 is 0. The summed E-state index contributed by atoms with van der Waals surface area (Å²) in [7, 11) is 1.99. The fourth-order valence-electron chi connectivity index (χ4n) is 2.62. The van der Waals surface area contributed by atoms with Gasteiger partial charge in [-0.15, -0.1) is 0 Å². The Morgan fingerprint density at radius 3 is 2.72 bits per heavy atom. The summed E-state index contributed by atoms with van der Waals surface area (Å²) in [6.07, 6.45) is 3.07. The van der Waals surface area contributed by atoms with Gasteiger partial charge < -0.3 is 19.7 Å². The number of piperidine rings is 1. The zero-order valence-electron chi connectivity index (χ0n) is 11.2. The van der Waals surface area contributed by atoms with Crippen LogP contribution in [-0.2, 0) is 14.3 Å². The maximum absolute atomic E-state index is 12.2. The van der Waals surface area contributed by atoms with Crippen LogP contribution >= 0.6 is 0 Å². The van der Waals surface area contributed by atoms with Crippen LogP contribution in [0.25, 0.3) is 0 Å². The number of amides is 1. The highest BCUT2D eigenvalue weighted by Gasteiger charge is 2.30. The molecule has 2 saturated heterocycles. The van der Waals surface area contributed by atoms with E-state index in [1.54, 1.807) is 0 Å². The maximum Gasteiger partial charge on any atom is 0.254 e. The van der Waals surface area contributed by atoms with E-state index in [1.807, 2.05) is 11.9 Å². The van der Waals surface area contributed by atoms with Crippen LogP contribution in [0.3, 0.4) is 0 Å². The number of nitrogens with one attached hydrogen (secondary N) is 1. The molecule has 2 aliphatic rings. The summed E-state index contributed by atoms with van der Waals surface area (Å²) in [5.74, 6) is 0.867. The summed E-state index contributed by atoms with van der Waals surface area (Å²) in [5, 5.41) is 3.18. The Labute approximate surface area is 109 Å². The smallest absolute Gasteiger partial charge is 0.254 e. The highest BCUT2D eigenvalue weighted by Crippen LogP contribution is 2.21. The summed E-state index contributed by atoms with van der Waals surface area (Å²) in [6, 6.07) is 0. The van der Waals surface area contributed by atoms with E-state index in [0.29, 0.717) is 19.8 Å². The number of hydrogen-bond acceptors (Lipinski definition) is 4. The van der Waals surface area contributed by atoms with Gasteiger partial charge in [-0.3, -0.25) is 4.79 Å². The monoisotopic (exact) mass is 256 g/mol. The van der Waals surface area contributed by atoms with Crippen LogP contribution in [0.2, 0.25) is 0 Å². The molecule has 2 aliphatic heterocycles. The molecule has 5 heteroatoms. The summed E-state index contributed by atoms with van der Waals surface area (Å²) in [6.45, 7) is 4.36. The van der Waals surface area contributed by atoms with Crippen LogP contribution < -0.4 is 5.32 Å². The Kier molecular flexibility index (Phi) is 5.41. The molecule has 1 amide bonds. The molecular formula is C13H24N2O3. The third-order valence-corrected chi connectivity index (χ3v) is 3.82. The van der Waals surface area contributed by atoms with Crippen molar-refractivity contribution in [3.8, 4) is 0 Å². The lowest BCUT2D eigenvalue weighted by Crippen LogP contribution is -2.48. The predicted octanol–water partition coefficient (Wildman–Crippen LogP) is 0.250. The second-order valence-corrected chi connectivity index (χ2v) is 5.10. The first-order chi connectivity index (χ1) is 8.81. The first-order valence-corrected chi connectivity index (χ1v) is 6.94. The molecule has 0 radical (unpaired) electrons. The van der Waals surface area contributed by atoms with Gasteiger partial charge in [-0.05, 0) is 38.8 Å². The Bertz CT molecular complexity index is 259. The third kappa shape index (κ3) is 3.67. The second kappa shape index (κ2) is 7.07. The molecule has 18 heavy (non-hydrogen) atoms. The van der Waals surface area contributed by atoms with Gasteiger partial charge in [0.1, 0.15) is 0 Å². The van der Waals surface area contributed by atoms with Crippen molar-refractivity contribution in [2.45, 2.75) is 25.4 Å². The van der Waals surface area contributed by atoms with Gasteiger partial charge in [0, 0.05) is 13.1 Å². The van der Waals surface area contributed by atoms with E-state index < -0.39 is 0 Å². The average Bonchev–Trinajstić information content (AvgIpc) is 2.46. The van der Waals surface area contributed by atoms with Gasteiger partial charge in [0.15, 0.2) is 6.10 Å². The molecule has 0 aromatic heterocycles. The van der Waals surface area contributed by atoms with Gasteiger partial charge in [0.05, 0.1) is 19.8 Å². The minimum atomic E-state index is -0.368. The predicted molar refractivity (Wildman–Crippen MR) is 68.4 cm³/mol. The van der Waals surface area contributed by atoms with E-state index in [1.165, 1.54) is 6.42 Å². The largest absolute Gasteiger partial charge is 0.376 e. The van der Waals surface area contributed by atoms with Gasteiger partial charge in [-0.2, -0.15) is 0 Å². The molecule has 5 nitrogen and oxygen atoms in total. The van der Waals surface area contributed by atoms with E-state index in [-0.39, 0.29) is 12.0 Å². The standard InChI is InChI=1S/C13H24N2O3/c1-14-5-2-11-3-6-15(7-4-11)13(16)12-10-17-8-9-18-12/h11-12,14H,2-10H2,1H3. The Balaban J connectivity index is 1.73. The fraction of sp³-hybridized carbons (Fsp3) is 0.923. The zero-order valence-corrected chi connectivity index (χ0v) is 11.2. The number of likely N-dealkylation sites (tertiary alicyclic amines) is 1. The quantitative estimate of drug-likeness (QED) is 0.783. The summed E-state index contributed by atoms with van der Waals surface area (Å²) in [4.78, 5) is 14.1. The fourth-order valence-corrected chi connectivity index (χ4v) is 2.62. The number of carbonyl (C=O) groups excluding carboxylic acids is 1. The van der Waals surface area contributed by atoms with Crippen molar-refractivity contribution in [1.29, 1.82) is 0 Å². The van der Waals surface area contributed by atoms with Crippen molar-refractivity contribution in [2.75, 3.05) is 46.5 Å². The summed E-state index contributed by atoms with van der Waals surface area (Å²) < 4.78 is 10.7. The topological polar surface area (TPSA) is 50.8 Å². The molecule has 1 atom stereocenters. The highest BCUT2D eigenvalue weighted by molar-refractivity contribution is 5.81. The molecule has 0 spiro atoms. The number of nitrogens with zero attached hydrogens (tertiary/aromatic N) is 1. The Hall–Kier alpha value is -0.650. The number of hydrogen-bond donors (Lipinski definition) is 1. The molecule has 0 aliphatic carbocycles. The van der Waals surface area contributed by atoms with E-state index in [4.69, 9.17) is 9.47 Å². The maximum atomic E-state index is 12.2. The average molecular weight is 256 g/mol. The van der Waals surface area contributed by atoms with Gasteiger partial charge in [-0.1, -0.05) is 0 Å². The number of rotatable bonds is 4. The van der Waals surface area contributed by atoms with E-state index in [2.05, 4.69) is 5.32 Å². The summed E-state index contributed by atoms with van der Waals surface area (Å²) in [5.41, 5.74) is 0. The number of ether oxygens (including phenoxy) is 2. The lowest BCUT2D eigenvalue weighted by molar-refractivity contribution is -0.159. The molecule has 2 fully saturated rings. The van der Waals surface area contributed by atoms with Crippen molar-refractivity contribution < 1.29 is 14.3 Å². The molecule has 1 unspecified atom stereocenters. The molecular weight excluding hydrogens is 232 g/mol. The van der Waals surface area contributed by atoms with Crippen LogP contribution in [0.5, 0.6) is 0 Å². The van der Waals surface area contributed by atoms with Gasteiger partial charge >= 0.3 is 0 Å². The Morgan fingerprint density at radius 1 is 1.33 bits per heavy atom. The minimum absolute atomic E-state index is 0.113. The molecule has 0 aromatic carbocycles. The number of carbonyl (C=O) groups is 1. The molecule has 1 N–H and O–H groups in total. The lowest BCUT2D eigenvalue weighted by atomic mass is 9.93. The molecule has 0 aromatic rings. The van der Waals surface area contributed by atoms with Crippen LogP contribution in [0.4, 0.5) is 0 Å². The lowest BCUT2D eigenvalue weighted by Gasteiger charge is -2.35. The molecule has 0 bridgehead atoms. The Morgan fingerprint density at radius 2 is 2.11 bits per heavy atom. The van der Waals surface area contributed by atoms with Gasteiger partial charge in [-0.25, -0.2) is 0 Å². The molecule has 104 valence electrons.